The number of hydrogen-bond acceptors (Lipinski definition) is 2. The van der Waals surface area contributed by atoms with Crippen LogP contribution in [0, 0.1) is 6.92 Å². The van der Waals surface area contributed by atoms with Crippen molar-refractivity contribution < 1.29 is 9.90 Å². The van der Waals surface area contributed by atoms with Crippen molar-refractivity contribution in [3.63, 3.8) is 0 Å². The van der Waals surface area contributed by atoms with E-state index in [0.717, 1.165) is 11.4 Å². The molecule has 0 spiro atoms. The van der Waals surface area contributed by atoms with Gasteiger partial charge in [0.15, 0.2) is 0 Å². The summed E-state index contributed by atoms with van der Waals surface area (Å²) in [5.41, 5.74) is 3.40. The first-order valence-electron chi connectivity index (χ1n) is 7.36. The zero-order chi connectivity index (χ0) is 17.1. The molecule has 0 aliphatic heterocycles. The first-order chi connectivity index (χ1) is 11.6. The van der Waals surface area contributed by atoms with Gasteiger partial charge in [0.25, 0.3) is 0 Å². The number of carbonyl (C=O) groups is 1. The lowest BCUT2D eigenvalue weighted by Gasteiger charge is -2.07. The molecule has 1 N–H and O–H groups in total. The van der Waals surface area contributed by atoms with Crippen molar-refractivity contribution in [1.82, 2.24) is 4.57 Å². The molecular formula is C19H15ClN2O2. The summed E-state index contributed by atoms with van der Waals surface area (Å²) in [7, 11) is 0. The van der Waals surface area contributed by atoms with Crippen LogP contribution < -0.4 is 0 Å². The van der Waals surface area contributed by atoms with Crippen molar-refractivity contribution in [3.8, 4) is 5.69 Å². The first-order valence-corrected chi connectivity index (χ1v) is 7.74. The molecule has 1 aromatic heterocycles. The molecule has 0 aliphatic rings. The molecule has 0 radical (unpaired) electrons. The van der Waals surface area contributed by atoms with Crippen LogP contribution >= 0.6 is 11.6 Å². The van der Waals surface area contributed by atoms with E-state index in [1.807, 2.05) is 47.2 Å². The van der Waals surface area contributed by atoms with Gasteiger partial charge in [0.2, 0.25) is 0 Å². The first kappa shape index (κ1) is 16.0. The van der Waals surface area contributed by atoms with Crippen LogP contribution in [0.25, 0.3) is 5.69 Å². The van der Waals surface area contributed by atoms with Gasteiger partial charge in [-0.25, -0.2) is 4.79 Å². The third kappa shape index (κ3) is 3.24. The highest BCUT2D eigenvalue weighted by Crippen LogP contribution is 2.22. The van der Waals surface area contributed by atoms with E-state index in [1.54, 1.807) is 31.3 Å². The molecule has 3 aromatic rings. The van der Waals surface area contributed by atoms with Gasteiger partial charge < -0.3 is 9.67 Å². The second-order valence-corrected chi connectivity index (χ2v) is 5.73. The quantitative estimate of drug-likeness (QED) is 0.689. The molecule has 0 atom stereocenters. The lowest BCUT2D eigenvalue weighted by Crippen LogP contribution is -2.00. The van der Waals surface area contributed by atoms with Crippen LogP contribution in [-0.2, 0) is 0 Å². The number of carboxylic acid groups (broad SMARTS) is 1. The van der Waals surface area contributed by atoms with E-state index in [0.29, 0.717) is 16.3 Å². The summed E-state index contributed by atoms with van der Waals surface area (Å²) < 4.78 is 1.98. The number of benzene rings is 2. The third-order valence-corrected chi connectivity index (χ3v) is 4.01. The number of aromatic nitrogens is 1. The van der Waals surface area contributed by atoms with Crippen molar-refractivity contribution >= 4 is 29.5 Å². The highest BCUT2D eigenvalue weighted by Gasteiger charge is 2.09. The van der Waals surface area contributed by atoms with Gasteiger partial charge in [0.1, 0.15) is 0 Å². The van der Waals surface area contributed by atoms with E-state index >= 15 is 0 Å². The monoisotopic (exact) mass is 338 g/mol. The van der Waals surface area contributed by atoms with Gasteiger partial charge in [0.05, 0.1) is 23.2 Å². The van der Waals surface area contributed by atoms with E-state index in [1.165, 1.54) is 0 Å². The minimum Gasteiger partial charge on any atom is -0.478 e. The van der Waals surface area contributed by atoms with Gasteiger partial charge in [-0.15, -0.1) is 0 Å². The lowest BCUT2D eigenvalue weighted by molar-refractivity contribution is 0.0696. The zero-order valence-corrected chi connectivity index (χ0v) is 13.7. The molecule has 3 rings (SSSR count). The molecule has 0 saturated carbocycles. The minimum atomic E-state index is -0.950. The number of carboxylic acids is 1. The Morgan fingerprint density at radius 2 is 1.88 bits per heavy atom. The molecule has 0 aliphatic carbocycles. The van der Waals surface area contributed by atoms with Gasteiger partial charge in [0, 0.05) is 16.9 Å². The standard InChI is InChI=1S/C19H15ClN2O2/c1-13-17(19(23)24)5-2-6-18(13)21-12-16-4-3-11-22(16)15-9-7-14(20)8-10-15/h2-12H,1H3,(H,23,24). The van der Waals surface area contributed by atoms with Gasteiger partial charge in [-0.1, -0.05) is 17.7 Å². The molecule has 120 valence electrons. The SMILES string of the molecule is Cc1c(N=Cc2cccn2-c2ccc(Cl)cc2)cccc1C(=O)O. The average Bonchev–Trinajstić information content (AvgIpc) is 3.03. The molecule has 0 fully saturated rings. The van der Waals surface area contributed by atoms with Gasteiger partial charge in [-0.3, -0.25) is 4.99 Å². The summed E-state index contributed by atoms with van der Waals surface area (Å²) in [4.78, 5) is 15.7. The summed E-state index contributed by atoms with van der Waals surface area (Å²) in [6.07, 6.45) is 3.66. The smallest absolute Gasteiger partial charge is 0.336 e. The number of halogens is 1. The predicted octanol–water partition coefficient (Wildman–Crippen LogP) is 4.89. The van der Waals surface area contributed by atoms with E-state index in [9.17, 15) is 9.90 Å². The summed E-state index contributed by atoms with van der Waals surface area (Å²) in [5.74, 6) is -0.950. The maximum absolute atomic E-state index is 11.2. The maximum atomic E-state index is 11.2. The third-order valence-electron chi connectivity index (χ3n) is 3.76. The fourth-order valence-electron chi connectivity index (χ4n) is 2.47. The van der Waals surface area contributed by atoms with Crippen LogP contribution in [0.1, 0.15) is 21.6 Å². The van der Waals surface area contributed by atoms with Gasteiger partial charge >= 0.3 is 5.97 Å². The molecule has 5 heteroatoms. The Balaban J connectivity index is 1.94. The van der Waals surface area contributed by atoms with E-state index in [2.05, 4.69) is 4.99 Å². The minimum absolute atomic E-state index is 0.262. The predicted molar refractivity (Wildman–Crippen MR) is 96.2 cm³/mol. The number of nitrogens with zero attached hydrogens (tertiary/aromatic N) is 2. The lowest BCUT2D eigenvalue weighted by atomic mass is 10.1. The van der Waals surface area contributed by atoms with Crippen LogP contribution in [0.4, 0.5) is 5.69 Å². The topological polar surface area (TPSA) is 54.6 Å². The van der Waals surface area contributed by atoms with Gasteiger partial charge in [-0.2, -0.15) is 0 Å². The van der Waals surface area contributed by atoms with Crippen molar-refractivity contribution in [2.24, 2.45) is 4.99 Å². The molecule has 0 saturated heterocycles. The van der Waals surface area contributed by atoms with E-state index in [4.69, 9.17) is 11.6 Å². The Kier molecular flexibility index (Phi) is 4.49. The Morgan fingerprint density at radius 3 is 2.58 bits per heavy atom. The molecule has 4 nitrogen and oxygen atoms in total. The second-order valence-electron chi connectivity index (χ2n) is 5.29. The molecule has 24 heavy (non-hydrogen) atoms. The Labute approximate surface area is 144 Å². The Morgan fingerprint density at radius 1 is 1.12 bits per heavy atom. The summed E-state index contributed by atoms with van der Waals surface area (Å²) >= 11 is 5.93. The van der Waals surface area contributed by atoms with Crippen LogP contribution in [-0.4, -0.2) is 21.9 Å². The largest absolute Gasteiger partial charge is 0.478 e. The molecule has 2 aromatic carbocycles. The number of rotatable bonds is 4. The van der Waals surface area contributed by atoms with Crippen molar-refractivity contribution in [2.75, 3.05) is 0 Å². The summed E-state index contributed by atoms with van der Waals surface area (Å²) in [5, 5.41) is 9.87. The van der Waals surface area contributed by atoms with Crippen LogP contribution in [0.2, 0.25) is 5.02 Å². The van der Waals surface area contributed by atoms with Crippen molar-refractivity contribution in [3.05, 3.63) is 82.6 Å². The summed E-state index contributed by atoms with van der Waals surface area (Å²) in [6.45, 7) is 1.76. The molecule has 0 bridgehead atoms. The van der Waals surface area contributed by atoms with Gasteiger partial charge in [-0.05, 0) is 61.0 Å². The normalized spacial score (nSPS) is 11.1. The van der Waals surface area contributed by atoms with Crippen LogP contribution in [0.15, 0.2) is 65.8 Å². The fraction of sp³-hybridized carbons (Fsp3) is 0.0526. The number of aliphatic imine (C=N–C) groups is 1. The fourth-order valence-corrected chi connectivity index (χ4v) is 2.59. The molecule has 0 amide bonds. The van der Waals surface area contributed by atoms with Crippen molar-refractivity contribution in [1.29, 1.82) is 0 Å². The maximum Gasteiger partial charge on any atom is 0.336 e. The second kappa shape index (κ2) is 6.72. The highest BCUT2D eigenvalue weighted by molar-refractivity contribution is 6.30. The molecular weight excluding hydrogens is 324 g/mol. The molecule has 1 heterocycles. The zero-order valence-electron chi connectivity index (χ0n) is 13.0. The average molecular weight is 339 g/mol. The van der Waals surface area contributed by atoms with Crippen LogP contribution in [0.3, 0.4) is 0 Å². The number of hydrogen-bond donors (Lipinski definition) is 1. The Bertz CT molecular complexity index is 911. The summed E-state index contributed by atoms with van der Waals surface area (Å²) in [6, 6.07) is 16.5. The highest BCUT2D eigenvalue weighted by atomic mass is 35.5. The Hall–Kier alpha value is -2.85. The van der Waals surface area contributed by atoms with Crippen molar-refractivity contribution in [2.45, 2.75) is 6.92 Å². The number of aromatic carboxylic acids is 1. The molecule has 0 unspecified atom stereocenters. The van der Waals surface area contributed by atoms with E-state index in [-0.39, 0.29) is 5.56 Å². The van der Waals surface area contributed by atoms with E-state index < -0.39 is 5.97 Å². The van der Waals surface area contributed by atoms with Crippen LogP contribution in [0.5, 0.6) is 0 Å².